The maximum absolute atomic E-state index is 13.5. The van der Waals surface area contributed by atoms with Gasteiger partial charge in [-0.25, -0.2) is 13.4 Å². The Hall–Kier alpha value is -3.35. The molecule has 0 fully saturated rings. The van der Waals surface area contributed by atoms with Gasteiger partial charge in [0.1, 0.15) is 28.3 Å². The van der Waals surface area contributed by atoms with Gasteiger partial charge < -0.3 is 9.30 Å². The van der Waals surface area contributed by atoms with E-state index in [4.69, 9.17) is 10.00 Å². The molecule has 150 valence electrons. The first-order valence-electron chi connectivity index (χ1n) is 9.18. The fourth-order valence-electron chi connectivity index (χ4n) is 3.58. The number of aromatic nitrogens is 2. The van der Waals surface area contributed by atoms with E-state index >= 15 is 0 Å². The highest BCUT2D eigenvalue weighted by Crippen LogP contribution is 2.39. The number of anilines is 1. The van der Waals surface area contributed by atoms with Crippen LogP contribution in [0.2, 0.25) is 0 Å². The standard InChI is InChI=1S/C21H16N4O3S2/c1-24-7-6-14-10-17(3-4-18(14)24)30(26,27)25-8-9-28-20-5-2-15(11-19(20)25)21-23-13-16(12-22)29-21/h2-7,10-11,13H,8-9H2,1H3. The topological polar surface area (TPSA) is 88.2 Å². The second-order valence-electron chi connectivity index (χ2n) is 6.90. The number of hydrogen-bond acceptors (Lipinski definition) is 6. The molecule has 9 heteroatoms. The summed E-state index contributed by atoms with van der Waals surface area (Å²) >= 11 is 1.26. The Balaban J connectivity index is 1.60. The molecule has 7 nitrogen and oxygen atoms in total. The molecule has 2 aromatic heterocycles. The van der Waals surface area contributed by atoms with Crippen molar-refractivity contribution >= 4 is 38.0 Å². The molecular weight excluding hydrogens is 420 g/mol. The molecule has 0 atom stereocenters. The van der Waals surface area contributed by atoms with E-state index < -0.39 is 10.0 Å². The van der Waals surface area contributed by atoms with Crippen molar-refractivity contribution in [2.75, 3.05) is 17.5 Å². The van der Waals surface area contributed by atoms with E-state index in [0.717, 1.165) is 16.5 Å². The molecule has 0 amide bonds. The van der Waals surface area contributed by atoms with Crippen molar-refractivity contribution in [1.82, 2.24) is 9.55 Å². The number of ether oxygens (including phenoxy) is 1. The molecule has 1 aliphatic rings. The molecule has 0 saturated heterocycles. The van der Waals surface area contributed by atoms with Crippen LogP contribution in [-0.4, -0.2) is 31.1 Å². The second kappa shape index (κ2) is 6.86. The van der Waals surface area contributed by atoms with Gasteiger partial charge >= 0.3 is 0 Å². The highest BCUT2D eigenvalue weighted by Gasteiger charge is 2.31. The van der Waals surface area contributed by atoms with Crippen molar-refractivity contribution in [1.29, 1.82) is 5.26 Å². The summed E-state index contributed by atoms with van der Waals surface area (Å²) in [5.41, 5.74) is 2.18. The number of aryl methyl sites for hydroxylation is 1. The molecule has 3 heterocycles. The van der Waals surface area contributed by atoms with Crippen molar-refractivity contribution in [3.05, 3.63) is 59.7 Å². The highest BCUT2D eigenvalue weighted by molar-refractivity contribution is 7.92. The first kappa shape index (κ1) is 18.7. The predicted molar refractivity (Wildman–Crippen MR) is 115 cm³/mol. The molecule has 1 aliphatic heterocycles. The van der Waals surface area contributed by atoms with Crippen molar-refractivity contribution < 1.29 is 13.2 Å². The van der Waals surface area contributed by atoms with Crippen LogP contribution in [0, 0.1) is 11.3 Å². The Morgan fingerprint density at radius 2 is 2.07 bits per heavy atom. The fourth-order valence-corrected chi connectivity index (χ4v) is 5.78. The summed E-state index contributed by atoms with van der Waals surface area (Å²) in [4.78, 5) is 5.01. The van der Waals surface area contributed by atoms with Crippen LogP contribution in [0.5, 0.6) is 5.75 Å². The number of rotatable bonds is 3. The Morgan fingerprint density at radius 1 is 1.20 bits per heavy atom. The normalized spacial score (nSPS) is 13.7. The summed E-state index contributed by atoms with van der Waals surface area (Å²) in [7, 11) is -1.86. The van der Waals surface area contributed by atoms with Crippen LogP contribution in [0.25, 0.3) is 21.5 Å². The van der Waals surface area contributed by atoms with Gasteiger partial charge in [-0.15, -0.1) is 11.3 Å². The molecular formula is C21H16N4O3S2. The van der Waals surface area contributed by atoms with E-state index in [2.05, 4.69) is 11.1 Å². The van der Waals surface area contributed by atoms with Gasteiger partial charge in [0.05, 0.1) is 23.3 Å². The minimum absolute atomic E-state index is 0.215. The molecule has 5 rings (SSSR count). The lowest BCUT2D eigenvalue weighted by Crippen LogP contribution is -2.37. The molecule has 0 N–H and O–H groups in total. The minimum atomic E-state index is -3.78. The minimum Gasteiger partial charge on any atom is -0.489 e. The van der Waals surface area contributed by atoms with Crippen molar-refractivity contribution in [2.24, 2.45) is 7.05 Å². The summed E-state index contributed by atoms with van der Waals surface area (Å²) in [5.74, 6) is 0.506. The molecule has 0 unspecified atom stereocenters. The molecule has 0 saturated carbocycles. The van der Waals surface area contributed by atoms with E-state index in [9.17, 15) is 8.42 Å². The van der Waals surface area contributed by atoms with Crippen LogP contribution in [0.1, 0.15) is 4.88 Å². The monoisotopic (exact) mass is 436 g/mol. The average Bonchev–Trinajstić information content (AvgIpc) is 3.39. The maximum atomic E-state index is 13.5. The van der Waals surface area contributed by atoms with E-state index in [1.807, 2.05) is 36.0 Å². The lowest BCUT2D eigenvalue weighted by Gasteiger charge is -2.30. The summed E-state index contributed by atoms with van der Waals surface area (Å²) < 4.78 is 36.0. The third kappa shape index (κ3) is 2.93. The summed E-state index contributed by atoms with van der Waals surface area (Å²) in [6.45, 7) is 0.488. The van der Waals surface area contributed by atoms with Crippen LogP contribution >= 0.6 is 11.3 Å². The Morgan fingerprint density at radius 3 is 2.87 bits per heavy atom. The Labute approximate surface area is 177 Å². The Bertz CT molecular complexity index is 1430. The Kier molecular flexibility index (Phi) is 4.27. The highest BCUT2D eigenvalue weighted by atomic mass is 32.2. The summed E-state index contributed by atoms with van der Waals surface area (Å²) in [5, 5.41) is 10.6. The van der Waals surface area contributed by atoms with Gasteiger partial charge in [-0.05, 0) is 42.5 Å². The number of sulfonamides is 1. The molecule has 30 heavy (non-hydrogen) atoms. The van der Waals surface area contributed by atoms with Crippen molar-refractivity contribution in [2.45, 2.75) is 4.90 Å². The van der Waals surface area contributed by atoms with Gasteiger partial charge in [-0.2, -0.15) is 5.26 Å². The van der Waals surface area contributed by atoms with E-state index in [-0.39, 0.29) is 18.0 Å². The van der Waals surface area contributed by atoms with E-state index in [1.165, 1.54) is 21.8 Å². The zero-order valence-electron chi connectivity index (χ0n) is 15.9. The van der Waals surface area contributed by atoms with Gasteiger partial charge in [0.15, 0.2) is 0 Å². The summed E-state index contributed by atoms with van der Waals surface area (Å²) in [6, 6.07) is 14.5. The number of nitrogens with zero attached hydrogens (tertiary/aromatic N) is 4. The molecule has 0 bridgehead atoms. The van der Waals surface area contributed by atoms with E-state index in [0.29, 0.717) is 21.3 Å². The van der Waals surface area contributed by atoms with Crippen LogP contribution in [-0.2, 0) is 17.1 Å². The number of nitriles is 1. The van der Waals surface area contributed by atoms with Crippen LogP contribution < -0.4 is 9.04 Å². The lowest BCUT2D eigenvalue weighted by molar-refractivity contribution is 0.316. The second-order valence-corrected chi connectivity index (χ2v) is 9.79. The van der Waals surface area contributed by atoms with Gasteiger partial charge in [-0.1, -0.05) is 0 Å². The summed E-state index contributed by atoms with van der Waals surface area (Å²) in [6.07, 6.45) is 3.42. The van der Waals surface area contributed by atoms with Gasteiger partial charge in [-0.3, -0.25) is 4.31 Å². The predicted octanol–water partition coefficient (Wildman–Crippen LogP) is 3.76. The molecule has 4 aromatic rings. The fraction of sp³-hybridized carbons (Fsp3) is 0.143. The maximum Gasteiger partial charge on any atom is 0.264 e. The average molecular weight is 437 g/mol. The lowest BCUT2D eigenvalue weighted by atomic mass is 10.2. The quantitative estimate of drug-likeness (QED) is 0.488. The van der Waals surface area contributed by atoms with Gasteiger partial charge in [0.25, 0.3) is 10.0 Å². The first-order chi connectivity index (χ1) is 14.5. The third-order valence-corrected chi connectivity index (χ3v) is 7.85. The van der Waals surface area contributed by atoms with Crippen LogP contribution in [0.15, 0.2) is 59.8 Å². The van der Waals surface area contributed by atoms with Crippen molar-refractivity contribution in [3.8, 4) is 22.4 Å². The largest absolute Gasteiger partial charge is 0.489 e. The van der Waals surface area contributed by atoms with Crippen molar-refractivity contribution in [3.63, 3.8) is 0 Å². The smallest absolute Gasteiger partial charge is 0.264 e. The van der Waals surface area contributed by atoms with Gasteiger partial charge in [0.2, 0.25) is 0 Å². The van der Waals surface area contributed by atoms with E-state index in [1.54, 1.807) is 24.3 Å². The third-order valence-electron chi connectivity index (χ3n) is 5.09. The molecule has 2 aromatic carbocycles. The molecule has 0 aliphatic carbocycles. The number of benzene rings is 2. The first-order valence-corrected chi connectivity index (χ1v) is 11.4. The molecule has 0 radical (unpaired) electrons. The number of hydrogen-bond donors (Lipinski definition) is 0. The number of fused-ring (bicyclic) bond motifs is 2. The van der Waals surface area contributed by atoms with Crippen LogP contribution in [0.4, 0.5) is 5.69 Å². The van der Waals surface area contributed by atoms with Crippen LogP contribution in [0.3, 0.4) is 0 Å². The number of thiazole rings is 1. The zero-order valence-corrected chi connectivity index (χ0v) is 17.6. The van der Waals surface area contributed by atoms with Gasteiger partial charge in [0, 0.05) is 29.7 Å². The zero-order chi connectivity index (χ0) is 20.9. The SMILES string of the molecule is Cn1ccc2cc(S(=O)(=O)N3CCOc4ccc(-c5ncc(C#N)s5)cc43)ccc21. The molecule has 0 spiro atoms.